The van der Waals surface area contributed by atoms with Gasteiger partial charge in [-0.2, -0.15) is 0 Å². The third-order valence-electron chi connectivity index (χ3n) is 4.06. The second kappa shape index (κ2) is 7.59. The number of hydrogen-bond donors (Lipinski definition) is 1. The number of rotatable bonds is 6. The molecule has 1 saturated heterocycles. The van der Waals surface area contributed by atoms with Crippen LogP contribution in [0.4, 0.5) is 11.6 Å². The van der Waals surface area contributed by atoms with Gasteiger partial charge in [0.15, 0.2) is 0 Å². The molecule has 0 amide bonds. The minimum atomic E-state index is 0.700. The van der Waals surface area contributed by atoms with Crippen LogP contribution in [0.1, 0.15) is 38.1 Å². The number of hydrogen-bond acceptors (Lipinski definition) is 5. The van der Waals surface area contributed by atoms with Crippen molar-refractivity contribution in [2.24, 2.45) is 5.92 Å². The molecule has 0 saturated carbocycles. The normalized spacial score (nSPS) is 16.0. The lowest BCUT2D eigenvalue weighted by Crippen LogP contribution is -2.31. The Morgan fingerprint density at radius 3 is 2.57 bits per heavy atom. The maximum Gasteiger partial charge on any atom is 0.137 e. The van der Waals surface area contributed by atoms with Crippen molar-refractivity contribution < 1.29 is 4.74 Å². The number of nitrogens with one attached hydrogen (secondary N) is 1. The Bertz CT molecular complexity index is 458. The quantitative estimate of drug-likeness (QED) is 0.873. The third-order valence-corrected chi connectivity index (χ3v) is 4.06. The van der Waals surface area contributed by atoms with E-state index in [1.165, 1.54) is 0 Å². The molecule has 118 valence electrons. The molecule has 0 aliphatic carbocycles. The fourth-order valence-corrected chi connectivity index (χ4v) is 2.82. The smallest absolute Gasteiger partial charge is 0.137 e. The molecule has 0 radical (unpaired) electrons. The maximum atomic E-state index is 5.44. The molecule has 1 fully saturated rings. The van der Waals surface area contributed by atoms with Crippen LogP contribution in [0.25, 0.3) is 0 Å². The minimum Gasteiger partial charge on any atom is -0.381 e. The molecule has 0 unspecified atom stereocenters. The molecule has 5 heteroatoms. The second-order valence-electron chi connectivity index (χ2n) is 5.76. The molecule has 21 heavy (non-hydrogen) atoms. The summed E-state index contributed by atoms with van der Waals surface area (Å²) >= 11 is 0. The largest absolute Gasteiger partial charge is 0.381 e. The average molecular weight is 292 g/mol. The summed E-state index contributed by atoms with van der Waals surface area (Å²) in [4.78, 5) is 11.6. The average Bonchev–Trinajstić information content (AvgIpc) is 2.50. The van der Waals surface area contributed by atoms with Gasteiger partial charge in [-0.05, 0) is 32.6 Å². The molecule has 0 bridgehead atoms. The van der Waals surface area contributed by atoms with E-state index in [0.29, 0.717) is 5.92 Å². The molecule has 1 aliphatic heterocycles. The molecule has 2 heterocycles. The molecule has 0 spiro atoms. The van der Waals surface area contributed by atoms with Crippen LogP contribution in [0.3, 0.4) is 0 Å². The first-order valence-corrected chi connectivity index (χ1v) is 8.05. The van der Waals surface area contributed by atoms with Crippen LogP contribution in [-0.4, -0.2) is 43.3 Å². The SMILES string of the molecule is CCNc1nc(CC)nc(N(C)CC2CCOCC2)c1C. The Labute approximate surface area is 128 Å². The van der Waals surface area contributed by atoms with E-state index in [9.17, 15) is 0 Å². The van der Waals surface area contributed by atoms with E-state index in [1.54, 1.807) is 0 Å². The second-order valence-corrected chi connectivity index (χ2v) is 5.76. The van der Waals surface area contributed by atoms with E-state index in [2.05, 4.69) is 43.0 Å². The molecule has 5 nitrogen and oxygen atoms in total. The van der Waals surface area contributed by atoms with Crippen LogP contribution < -0.4 is 10.2 Å². The zero-order valence-electron chi connectivity index (χ0n) is 13.8. The van der Waals surface area contributed by atoms with E-state index in [0.717, 1.165) is 68.6 Å². The molecule has 1 aliphatic rings. The highest BCUT2D eigenvalue weighted by Gasteiger charge is 2.19. The van der Waals surface area contributed by atoms with Crippen molar-refractivity contribution >= 4 is 11.6 Å². The molecular weight excluding hydrogens is 264 g/mol. The molecule has 0 atom stereocenters. The van der Waals surface area contributed by atoms with Gasteiger partial charge in [-0.1, -0.05) is 6.92 Å². The molecule has 0 aromatic carbocycles. The van der Waals surface area contributed by atoms with Crippen LogP contribution in [0.5, 0.6) is 0 Å². The third kappa shape index (κ3) is 4.06. The minimum absolute atomic E-state index is 0.700. The van der Waals surface area contributed by atoms with Gasteiger partial charge in [0.05, 0.1) is 0 Å². The van der Waals surface area contributed by atoms with E-state index < -0.39 is 0 Å². The Morgan fingerprint density at radius 2 is 1.95 bits per heavy atom. The van der Waals surface area contributed by atoms with Crippen molar-refractivity contribution in [2.45, 2.75) is 40.0 Å². The summed E-state index contributed by atoms with van der Waals surface area (Å²) < 4.78 is 5.44. The molecule has 1 aromatic rings. The van der Waals surface area contributed by atoms with Crippen molar-refractivity contribution in [3.05, 3.63) is 11.4 Å². The van der Waals surface area contributed by atoms with Crippen molar-refractivity contribution in [3.63, 3.8) is 0 Å². The molecule has 1 N–H and O–H groups in total. The highest BCUT2D eigenvalue weighted by molar-refractivity contribution is 5.58. The number of anilines is 2. The van der Waals surface area contributed by atoms with E-state index in [4.69, 9.17) is 9.72 Å². The lowest BCUT2D eigenvalue weighted by atomic mass is 10.00. The fourth-order valence-electron chi connectivity index (χ4n) is 2.82. The van der Waals surface area contributed by atoms with E-state index >= 15 is 0 Å². The van der Waals surface area contributed by atoms with Crippen LogP contribution in [-0.2, 0) is 11.2 Å². The van der Waals surface area contributed by atoms with E-state index in [-0.39, 0.29) is 0 Å². The first-order chi connectivity index (χ1) is 10.2. The zero-order valence-corrected chi connectivity index (χ0v) is 13.8. The number of nitrogens with zero attached hydrogens (tertiary/aromatic N) is 3. The summed E-state index contributed by atoms with van der Waals surface area (Å²) in [7, 11) is 2.14. The van der Waals surface area contributed by atoms with Gasteiger partial charge in [-0.15, -0.1) is 0 Å². The number of ether oxygens (including phenoxy) is 1. The van der Waals surface area contributed by atoms with Gasteiger partial charge in [-0.3, -0.25) is 0 Å². The summed E-state index contributed by atoms with van der Waals surface area (Å²) in [6.45, 7) is 10.0. The van der Waals surface area contributed by atoms with Crippen LogP contribution in [0.15, 0.2) is 0 Å². The summed E-state index contributed by atoms with van der Waals surface area (Å²) in [6.07, 6.45) is 3.15. The summed E-state index contributed by atoms with van der Waals surface area (Å²) in [5, 5.41) is 3.35. The van der Waals surface area contributed by atoms with Crippen LogP contribution >= 0.6 is 0 Å². The van der Waals surface area contributed by atoms with Crippen molar-refractivity contribution in [1.29, 1.82) is 0 Å². The first-order valence-electron chi connectivity index (χ1n) is 8.05. The van der Waals surface area contributed by atoms with Gasteiger partial charge in [0.1, 0.15) is 17.5 Å². The topological polar surface area (TPSA) is 50.3 Å². The fraction of sp³-hybridized carbons (Fsp3) is 0.750. The summed E-state index contributed by atoms with van der Waals surface area (Å²) in [5.74, 6) is 3.64. The Morgan fingerprint density at radius 1 is 1.24 bits per heavy atom. The van der Waals surface area contributed by atoms with Crippen molar-refractivity contribution in [1.82, 2.24) is 9.97 Å². The molecule has 1 aromatic heterocycles. The monoisotopic (exact) mass is 292 g/mol. The predicted molar refractivity (Wildman–Crippen MR) is 87.1 cm³/mol. The number of aromatic nitrogens is 2. The standard InChI is InChI=1S/C16H28N4O/c1-5-14-18-15(17-6-2)12(3)16(19-14)20(4)11-13-7-9-21-10-8-13/h13H,5-11H2,1-4H3,(H,17,18,19). The van der Waals surface area contributed by atoms with Crippen molar-refractivity contribution in [3.8, 4) is 0 Å². The molecular formula is C16H28N4O. The highest BCUT2D eigenvalue weighted by atomic mass is 16.5. The Balaban J connectivity index is 2.17. The molecule has 2 rings (SSSR count). The van der Waals surface area contributed by atoms with Gasteiger partial charge >= 0.3 is 0 Å². The van der Waals surface area contributed by atoms with E-state index in [1.807, 2.05) is 0 Å². The first kappa shape index (κ1) is 16.0. The van der Waals surface area contributed by atoms with Gasteiger partial charge in [-0.25, -0.2) is 9.97 Å². The highest BCUT2D eigenvalue weighted by Crippen LogP contribution is 2.25. The van der Waals surface area contributed by atoms with Gasteiger partial charge in [0.25, 0.3) is 0 Å². The lowest BCUT2D eigenvalue weighted by molar-refractivity contribution is 0.0685. The van der Waals surface area contributed by atoms with Gasteiger partial charge in [0.2, 0.25) is 0 Å². The lowest BCUT2D eigenvalue weighted by Gasteiger charge is -2.29. The van der Waals surface area contributed by atoms with Crippen LogP contribution in [0.2, 0.25) is 0 Å². The number of aryl methyl sites for hydroxylation is 1. The van der Waals surface area contributed by atoms with Gasteiger partial charge in [0, 0.05) is 45.3 Å². The predicted octanol–water partition coefficient (Wildman–Crippen LogP) is 2.64. The van der Waals surface area contributed by atoms with Gasteiger partial charge < -0.3 is 15.0 Å². The summed E-state index contributed by atoms with van der Waals surface area (Å²) in [6, 6.07) is 0. The summed E-state index contributed by atoms with van der Waals surface area (Å²) in [5.41, 5.74) is 1.14. The van der Waals surface area contributed by atoms with Crippen molar-refractivity contribution in [2.75, 3.05) is 43.6 Å². The zero-order chi connectivity index (χ0) is 15.2. The Kier molecular flexibility index (Phi) is 5.79. The van der Waals surface area contributed by atoms with Crippen LogP contribution in [0, 0.1) is 12.8 Å². The Hall–Kier alpha value is -1.36. The maximum absolute atomic E-state index is 5.44.